The highest BCUT2D eigenvalue weighted by molar-refractivity contribution is 5.77. The third-order valence-electron chi connectivity index (χ3n) is 2.76. The molecule has 1 aromatic carbocycles. The van der Waals surface area contributed by atoms with Gasteiger partial charge in [-0.15, -0.1) is 0 Å². The van der Waals surface area contributed by atoms with Crippen LogP contribution in [0.4, 0.5) is 0 Å². The molecule has 2 aromatic rings. The van der Waals surface area contributed by atoms with E-state index in [-0.39, 0.29) is 5.91 Å². The van der Waals surface area contributed by atoms with Crippen molar-refractivity contribution >= 4 is 16.9 Å². The predicted molar refractivity (Wildman–Crippen MR) is 67.5 cm³/mol. The molecule has 0 radical (unpaired) electrons. The molecule has 2 rings (SSSR count). The summed E-state index contributed by atoms with van der Waals surface area (Å²) in [4.78, 5) is 15.6. The first kappa shape index (κ1) is 11.6. The van der Waals surface area contributed by atoms with Gasteiger partial charge in [0.1, 0.15) is 0 Å². The van der Waals surface area contributed by atoms with Crippen LogP contribution in [0.5, 0.6) is 0 Å². The molecule has 0 saturated carbocycles. The van der Waals surface area contributed by atoms with E-state index < -0.39 is 0 Å². The van der Waals surface area contributed by atoms with E-state index in [4.69, 9.17) is 0 Å². The van der Waals surface area contributed by atoms with Crippen molar-refractivity contribution in [1.29, 1.82) is 0 Å². The molecule has 1 heterocycles. The van der Waals surface area contributed by atoms with Crippen molar-refractivity contribution in [2.24, 2.45) is 7.05 Å². The molecule has 4 heteroatoms. The molecular formula is C13H17N3O. The Morgan fingerprint density at radius 3 is 3.06 bits per heavy atom. The second kappa shape index (κ2) is 4.99. The zero-order valence-electron chi connectivity index (χ0n) is 10.2. The van der Waals surface area contributed by atoms with Crippen LogP contribution in [0.1, 0.15) is 25.3 Å². The van der Waals surface area contributed by atoms with E-state index in [2.05, 4.69) is 10.3 Å². The van der Waals surface area contributed by atoms with Gasteiger partial charge in [0.2, 0.25) is 5.91 Å². The van der Waals surface area contributed by atoms with Crippen molar-refractivity contribution in [2.75, 3.05) is 0 Å². The third-order valence-corrected chi connectivity index (χ3v) is 2.76. The van der Waals surface area contributed by atoms with Crippen LogP contribution in [0.25, 0.3) is 11.0 Å². The standard InChI is InChI=1S/C13H17N3O/c1-3-4-13(17)14-8-10-5-6-12-11(7-10)15-9-16(12)2/h5-7,9H,3-4,8H2,1-2H3,(H,14,17). The molecule has 0 bridgehead atoms. The molecule has 0 saturated heterocycles. The first-order chi connectivity index (χ1) is 8.20. The first-order valence-corrected chi connectivity index (χ1v) is 5.87. The van der Waals surface area contributed by atoms with Crippen LogP contribution in [0.15, 0.2) is 24.5 Å². The monoisotopic (exact) mass is 231 g/mol. The van der Waals surface area contributed by atoms with Gasteiger partial charge in [-0.05, 0) is 24.1 Å². The van der Waals surface area contributed by atoms with E-state index in [0.717, 1.165) is 23.0 Å². The average molecular weight is 231 g/mol. The maximum absolute atomic E-state index is 11.4. The normalized spacial score (nSPS) is 10.7. The Bertz CT molecular complexity index is 530. The van der Waals surface area contributed by atoms with Gasteiger partial charge in [-0.25, -0.2) is 4.98 Å². The zero-order chi connectivity index (χ0) is 12.3. The summed E-state index contributed by atoms with van der Waals surface area (Å²) < 4.78 is 1.98. The van der Waals surface area contributed by atoms with Crippen molar-refractivity contribution in [3.8, 4) is 0 Å². The van der Waals surface area contributed by atoms with E-state index >= 15 is 0 Å². The summed E-state index contributed by atoms with van der Waals surface area (Å²) in [5.74, 6) is 0.105. The fourth-order valence-corrected chi connectivity index (χ4v) is 1.81. The summed E-state index contributed by atoms with van der Waals surface area (Å²) in [6.45, 7) is 2.57. The molecule has 90 valence electrons. The van der Waals surface area contributed by atoms with Crippen molar-refractivity contribution in [2.45, 2.75) is 26.3 Å². The van der Waals surface area contributed by atoms with Gasteiger partial charge in [0.25, 0.3) is 0 Å². The Labute approximate surface area is 101 Å². The SMILES string of the molecule is CCCC(=O)NCc1ccc2c(c1)ncn2C. The molecule has 0 aliphatic rings. The predicted octanol–water partition coefficient (Wildman–Crippen LogP) is 1.99. The summed E-state index contributed by atoms with van der Waals surface area (Å²) in [6.07, 6.45) is 3.26. The molecule has 0 atom stereocenters. The molecular weight excluding hydrogens is 214 g/mol. The van der Waals surface area contributed by atoms with Crippen molar-refractivity contribution in [3.63, 3.8) is 0 Å². The van der Waals surface area contributed by atoms with Gasteiger partial charge >= 0.3 is 0 Å². The van der Waals surface area contributed by atoms with Crippen molar-refractivity contribution < 1.29 is 4.79 Å². The van der Waals surface area contributed by atoms with Crippen LogP contribution >= 0.6 is 0 Å². The Morgan fingerprint density at radius 2 is 2.29 bits per heavy atom. The summed E-state index contributed by atoms with van der Waals surface area (Å²) in [6, 6.07) is 6.07. The van der Waals surface area contributed by atoms with Gasteiger partial charge in [0.05, 0.1) is 17.4 Å². The van der Waals surface area contributed by atoms with Gasteiger partial charge in [0, 0.05) is 20.0 Å². The van der Waals surface area contributed by atoms with Gasteiger partial charge in [-0.3, -0.25) is 4.79 Å². The summed E-state index contributed by atoms with van der Waals surface area (Å²) >= 11 is 0. The maximum Gasteiger partial charge on any atom is 0.220 e. The van der Waals surface area contributed by atoms with E-state index in [1.165, 1.54) is 0 Å². The smallest absolute Gasteiger partial charge is 0.220 e. The fourth-order valence-electron chi connectivity index (χ4n) is 1.81. The van der Waals surface area contributed by atoms with Crippen molar-refractivity contribution in [1.82, 2.24) is 14.9 Å². The molecule has 0 fully saturated rings. The lowest BCUT2D eigenvalue weighted by Gasteiger charge is -2.04. The fraction of sp³-hybridized carbons (Fsp3) is 0.385. The van der Waals surface area contributed by atoms with Crippen LogP contribution in [0.3, 0.4) is 0 Å². The van der Waals surface area contributed by atoms with Crippen LogP contribution < -0.4 is 5.32 Å². The molecule has 1 amide bonds. The number of aromatic nitrogens is 2. The molecule has 1 N–H and O–H groups in total. The molecule has 0 unspecified atom stereocenters. The third kappa shape index (κ3) is 2.64. The van der Waals surface area contributed by atoms with Crippen LogP contribution in [-0.2, 0) is 18.4 Å². The topological polar surface area (TPSA) is 46.9 Å². The number of aryl methyl sites for hydroxylation is 1. The number of benzene rings is 1. The molecule has 4 nitrogen and oxygen atoms in total. The highest BCUT2D eigenvalue weighted by Crippen LogP contribution is 2.13. The van der Waals surface area contributed by atoms with Gasteiger partial charge in [0.15, 0.2) is 0 Å². The van der Waals surface area contributed by atoms with E-state index in [0.29, 0.717) is 13.0 Å². The highest BCUT2D eigenvalue weighted by atomic mass is 16.1. The Hall–Kier alpha value is -1.84. The van der Waals surface area contributed by atoms with Crippen LogP contribution in [-0.4, -0.2) is 15.5 Å². The Balaban J connectivity index is 2.07. The zero-order valence-corrected chi connectivity index (χ0v) is 10.2. The number of carbonyl (C=O) groups excluding carboxylic acids is 1. The van der Waals surface area contributed by atoms with Gasteiger partial charge in [-0.2, -0.15) is 0 Å². The van der Waals surface area contributed by atoms with E-state index in [1.807, 2.05) is 36.7 Å². The van der Waals surface area contributed by atoms with Gasteiger partial charge < -0.3 is 9.88 Å². The van der Waals surface area contributed by atoms with E-state index in [1.54, 1.807) is 6.33 Å². The molecule has 1 aromatic heterocycles. The number of imidazole rings is 1. The van der Waals surface area contributed by atoms with Crippen molar-refractivity contribution in [3.05, 3.63) is 30.1 Å². The number of carbonyl (C=O) groups is 1. The lowest BCUT2D eigenvalue weighted by molar-refractivity contribution is -0.121. The van der Waals surface area contributed by atoms with Gasteiger partial charge in [-0.1, -0.05) is 13.0 Å². The number of fused-ring (bicyclic) bond motifs is 1. The molecule has 0 aliphatic heterocycles. The maximum atomic E-state index is 11.4. The minimum atomic E-state index is 0.105. The van der Waals surface area contributed by atoms with E-state index in [9.17, 15) is 4.79 Å². The number of rotatable bonds is 4. The average Bonchev–Trinajstić information content (AvgIpc) is 2.69. The minimum absolute atomic E-state index is 0.105. The molecule has 0 aliphatic carbocycles. The quantitative estimate of drug-likeness (QED) is 0.874. The second-order valence-corrected chi connectivity index (χ2v) is 4.21. The summed E-state index contributed by atoms with van der Waals surface area (Å²) in [7, 11) is 1.97. The number of amides is 1. The Morgan fingerprint density at radius 1 is 1.47 bits per heavy atom. The Kier molecular flexibility index (Phi) is 3.42. The minimum Gasteiger partial charge on any atom is -0.352 e. The second-order valence-electron chi connectivity index (χ2n) is 4.21. The number of hydrogen-bond donors (Lipinski definition) is 1. The number of hydrogen-bond acceptors (Lipinski definition) is 2. The van der Waals surface area contributed by atoms with Crippen LogP contribution in [0.2, 0.25) is 0 Å². The lowest BCUT2D eigenvalue weighted by atomic mass is 10.2. The highest BCUT2D eigenvalue weighted by Gasteiger charge is 2.03. The largest absolute Gasteiger partial charge is 0.352 e. The molecule has 17 heavy (non-hydrogen) atoms. The van der Waals surface area contributed by atoms with Crippen LogP contribution in [0, 0.1) is 0 Å². The lowest BCUT2D eigenvalue weighted by Crippen LogP contribution is -2.21. The molecule has 0 spiro atoms. The number of nitrogens with zero attached hydrogens (tertiary/aromatic N) is 2. The first-order valence-electron chi connectivity index (χ1n) is 5.87. The number of nitrogens with one attached hydrogen (secondary N) is 1. The summed E-state index contributed by atoms with van der Waals surface area (Å²) in [5, 5.41) is 2.90. The summed E-state index contributed by atoms with van der Waals surface area (Å²) in [5.41, 5.74) is 3.16.